The molecule has 0 radical (unpaired) electrons. The molecule has 0 N–H and O–H groups in total. The zero-order valence-corrected chi connectivity index (χ0v) is 19.5. The number of hydrogen-bond acceptors (Lipinski definition) is 0. The summed E-state index contributed by atoms with van der Waals surface area (Å²) < 4.78 is 59.1. The van der Waals surface area contributed by atoms with Crippen molar-refractivity contribution in [2.45, 2.75) is 117 Å². The number of rotatable bonds is 6. The van der Waals surface area contributed by atoms with Crippen molar-refractivity contribution in [1.82, 2.24) is 0 Å². The van der Waals surface area contributed by atoms with Gasteiger partial charge in [0.05, 0.1) is 0 Å². The molecule has 0 spiro atoms. The Balaban J connectivity index is 1.52. The Kier molecular flexibility index (Phi) is 8.57. The van der Waals surface area contributed by atoms with Gasteiger partial charge in [0.1, 0.15) is 24.7 Å². The Hall–Kier alpha value is -0.280. The van der Waals surface area contributed by atoms with E-state index in [1.807, 2.05) is 0 Å². The first-order valence-electron chi connectivity index (χ1n) is 12.8. The maximum absolute atomic E-state index is 15.2. The second kappa shape index (κ2) is 10.6. The maximum Gasteiger partial charge on any atom is 0.135 e. The molecular weight excluding hydrogens is 388 g/mol. The molecule has 0 aromatic rings. The van der Waals surface area contributed by atoms with Gasteiger partial charge >= 0.3 is 0 Å². The van der Waals surface area contributed by atoms with Gasteiger partial charge in [0, 0.05) is 0 Å². The van der Waals surface area contributed by atoms with E-state index in [0.717, 1.165) is 31.6 Å². The maximum atomic E-state index is 15.2. The van der Waals surface area contributed by atoms with Crippen LogP contribution < -0.4 is 0 Å². The minimum absolute atomic E-state index is 0.232. The minimum Gasteiger partial charge on any atom is -0.244 e. The van der Waals surface area contributed by atoms with Crippen LogP contribution in [0.15, 0.2) is 0 Å². The van der Waals surface area contributed by atoms with Crippen molar-refractivity contribution in [3.8, 4) is 0 Å². The lowest BCUT2D eigenvalue weighted by molar-refractivity contribution is -0.0714. The van der Waals surface area contributed by atoms with E-state index in [1.54, 1.807) is 6.92 Å². The van der Waals surface area contributed by atoms with Gasteiger partial charge in [-0.2, -0.15) is 0 Å². The van der Waals surface area contributed by atoms with Crippen molar-refractivity contribution < 1.29 is 17.6 Å². The van der Waals surface area contributed by atoms with E-state index >= 15 is 8.78 Å². The van der Waals surface area contributed by atoms with Crippen molar-refractivity contribution >= 4 is 0 Å². The highest BCUT2D eigenvalue weighted by molar-refractivity contribution is 4.99. The van der Waals surface area contributed by atoms with Crippen molar-refractivity contribution in [3.63, 3.8) is 0 Å². The van der Waals surface area contributed by atoms with Crippen LogP contribution in [0.5, 0.6) is 0 Å². The van der Waals surface area contributed by atoms with Gasteiger partial charge in [0.2, 0.25) is 0 Å². The highest BCUT2D eigenvalue weighted by Crippen LogP contribution is 2.49. The summed E-state index contributed by atoms with van der Waals surface area (Å²) in [4.78, 5) is 0. The quantitative estimate of drug-likeness (QED) is 0.370. The smallest absolute Gasteiger partial charge is 0.135 e. The molecule has 176 valence electrons. The molecule has 0 bridgehead atoms. The molecular formula is C26H44F4. The molecule has 4 heteroatoms. The molecule has 30 heavy (non-hydrogen) atoms. The first-order chi connectivity index (χ1) is 14.2. The van der Waals surface area contributed by atoms with Crippen molar-refractivity contribution in [1.29, 1.82) is 0 Å². The summed E-state index contributed by atoms with van der Waals surface area (Å²) in [5.74, 6) is 0.574. The fourth-order valence-electron chi connectivity index (χ4n) is 6.87. The van der Waals surface area contributed by atoms with Crippen molar-refractivity contribution in [3.05, 3.63) is 0 Å². The van der Waals surface area contributed by atoms with Gasteiger partial charge in [-0.25, -0.2) is 17.6 Å². The third-order valence-corrected chi connectivity index (χ3v) is 9.14. The van der Waals surface area contributed by atoms with Gasteiger partial charge in [-0.15, -0.1) is 0 Å². The topological polar surface area (TPSA) is 0 Å². The summed E-state index contributed by atoms with van der Waals surface area (Å²) in [6.07, 6.45) is 2.70. The molecule has 0 aliphatic heterocycles. The zero-order chi connectivity index (χ0) is 22.0. The summed E-state index contributed by atoms with van der Waals surface area (Å²) in [5, 5.41) is 0. The molecule has 3 aliphatic carbocycles. The predicted molar refractivity (Wildman–Crippen MR) is 116 cm³/mol. The third-order valence-electron chi connectivity index (χ3n) is 9.14. The van der Waals surface area contributed by atoms with E-state index in [2.05, 4.69) is 20.8 Å². The molecule has 0 amide bonds. The predicted octanol–water partition coefficient (Wildman–Crippen LogP) is 8.29. The molecule has 0 saturated heterocycles. The van der Waals surface area contributed by atoms with Crippen LogP contribution in [0.4, 0.5) is 17.6 Å². The fourth-order valence-corrected chi connectivity index (χ4v) is 6.87. The number of alkyl halides is 4. The van der Waals surface area contributed by atoms with Crippen LogP contribution in [0.25, 0.3) is 0 Å². The van der Waals surface area contributed by atoms with Gasteiger partial charge in [-0.1, -0.05) is 40.5 Å². The van der Waals surface area contributed by atoms with E-state index < -0.39 is 36.5 Å². The monoisotopic (exact) mass is 432 g/mol. The molecule has 0 heterocycles. The van der Waals surface area contributed by atoms with Gasteiger partial charge in [0.15, 0.2) is 0 Å². The molecule has 0 nitrogen and oxygen atoms in total. The number of hydrogen-bond donors (Lipinski definition) is 0. The Labute approximate surface area is 182 Å². The Morgan fingerprint density at radius 1 is 0.600 bits per heavy atom. The lowest BCUT2D eigenvalue weighted by Crippen LogP contribution is -2.49. The summed E-state index contributed by atoms with van der Waals surface area (Å²) in [7, 11) is 0. The summed E-state index contributed by atoms with van der Waals surface area (Å²) >= 11 is 0. The van der Waals surface area contributed by atoms with Gasteiger partial charge in [-0.05, 0) is 98.7 Å². The Morgan fingerprint density at radius 3 is 1.70 bits per heavy atom. The second-order valence-electron chi connectivity index (χ2n) is 11.5. The van der Waals surface area contributed by atoms with E-state index in [0.29, 0.717) is 37.5 Å². The molecule has 9 atom stereocenters. The van der Waals surface area contributed by atoms with E-state index in [-0.39, 0.29) is 17.8 Å². The molecule has 0 aromatic heterocycles. The fraction of sp³-hybridized carbons (Fsp3) is 1.00. The molecule has 3 rings (SSSR count). The van der Waals surface area contributed by atoms with Crippen LogP contribution >= 0.6 is 0 Å². The zero-order valence-electron chi connectivity index (χ0n) is 19.5. The molecule has 3 fully saturated rings. The second-order valence-corrected chi connectivity index (χ2v) is 11.5. The molecule has 3 aliphatic rings. The van der Waals surface area contributed by atoms with Gasteiger partial charge < -0.3 is 0 Å². The van der Waals surface area contributed by atoms with E-state index in [4.69, 9.17) is 0 Å². The Bertz CT molecular complexity index is 515. The highest BCUT2D eigenvalue weighted by atomic mass is 19.2. The van der Waals surface area contributed by atoms with Crippen LogP contribution in [0.3, 0.4) is 0 Å². The average Bonchev–Trinajstić information content (AvgIpc) is 2.73. The standard InChI is InChI=1S/C26H44F4/c1-15(2)5-6-16(3)18-8-10-19(11-9-18)20-13-14-22(26(30)24(20)28)21-12-7-17(4)23(27)25(21)29/h15-26H,5-14H2,1-4H3. The normalized spacial score (nSPS) is 46.7. The molecule has 9 unspecified atom stereocenters. The van der Waals surface area contributed by atoms with Gasteiger partial charge in [0.25, 0.3) is 0 Å². The molecule has 3 saturated carbocycles. The summed E-state index contributed by atoms with van der Waals surface area (Å²) in [6, 6.07) is 0. The lowest BCUT2D eigenvalue weighted by Gasteiger charge is -2.46. The van der Waals surface area contributed by atoms with Crippen LogP contribution in [-0.4, -0.2) is 24.7 Å². The Morgan fingerprint density at radius 2 is 1.10 bits per heavy atom. The first-order valence-corrected chi connectivity index (χ1v) is 12.8. The number of halogens is 4. The summed E-state index contributed by atoms with van der Waals surface area (Å²) in [6.45, 7) is 8.60. The van der Waals surface area contributed by atoms with Crippen molar-refractivity contribution in [2.24, 2.45) is 47.3 Å². The lowest BCUT2D eigenvalue weighted by atomic mass is 9.62. The van der Waals surface area contributed by atoms with Crippen LogP contribution in [0.1, 0.15) is 91.9 Å². The van der Waals surface area contributed by atoms with Crippen molar-refractivity contribution in [2.75, 3.05) is 0 Å². The van der Waals surface area contributed by atoms with E-state index in [9.17, 15) is 8.78 Å². The van der Waals surface area contributed by atoms with E-state index in [1.165, 1.54) is 12.8 Å². The van der Waals surface area contributed by atoms with Crippen LogP contribution in [-0.2, 0) is 0 Å². The minimum atomic E-state index is -1.64. The largest absolute Gasteiger partial charge is 0.244 e. The SMILES string of the molecule is CC(C)CCC(C)C1CCC(C2CCC(C3CCC(C)C(F)C3F)C(F)C2F)CC1. The van der Waals surface area contributed by atoms with Crippen LogP contribution in [0, 0.1) is 47.3 Å². The van der Waals surface area contributed by atoms with Gasteiger partial charge in [-0.3, -0.25) is 0 Å². The highest BCUT2D eigenvalue weighted by Gasteiger charge is 2.50. The summed E-state index contributed by atoms with van der Waals surface area (Å²) in [5.41, 5.74) is 0. The first kappa shape index (κ1) is 24.4. The molecule has 0 aromatic carbocycles. The third kappa shape index (κ3) is 5.37. The average molecular weight is 433 g/mol. The van der Waals surface area contributed by atoms with Crippen LogP contribution in [0.2, 0.25) is 0 Å².